The second-order valence-corrected chi connectivity index (χ2v) is 5.68. The van der Waals surface area contributed by atoms with Crippen LogP contribution in [0.3, 0.4) is 0 Å². The molecule has 122 valence electrons. The molecule has 1 saturated carbocycles. The van der Waals surface area contributed by atoms with Crippen molar-refractivity contribution in [3.05, 3.63) is 35.1 Å². The molecule has 0 aliphatic heterocycles. The van der Waals surface area contributed by atoms with E-state index < -0.39 is 0 Å². The maximum atomic E-state index is 13.6. The van der Waals surface area contributed by atoms with E-state index in [4.69, 9.17) is 4.74 Å². The first kappa shape index (κ1) is 16.7. The summed E-state index contributed by atoms with van der Waals surface area (Å²) >= 11 is 0. The minimum absolute atomic E-state index is 0.231. The molecule has 0 unspecified atom stereocenters. The molecule has 22 heavy (non-hydrogen) atoms. The van der Waals surface area contributed by atoms with Crippen LogP contribution in [0.1, 0.15) is 43.7 Å². The predicted octanol–water partition coefficient (Wildman–Crippen LogP) is 2.97. The van der Waals surface area contributed by atoms with Gasteiger partial charge in [0.25, 0.3) is 0 Å². The van der Waals surface area contributed by atoms with Crippen molar-refractivity contribution in [1.82, 2.24) is 10.6 Å². The maximum absolute atomic E-state index is 13.6. The van der Waals surface area contributed by atoms with Crippen molar-refractivity contribution < 1.29 is 9.13 Å². The van der Waals surface area contributed by atoms with Crippen molar-refractivity contribution >= 4 is 5.96 Å². The lowest BCUT2D eigenvalue weighted by Crippen LogP contribution is -2.42. The summed E-state index contributed by atoms with van der Waals surface area (Å²) in [6.45, 7) is 3.69. The standard InChI is InChI=1S/C17H26FN3O/c1-3-19-17(21-15-6-4-5-7-15)20-11-13-8-9-16(18)14(10-13)12-22-2/h8-10,15H,3-7,11-12H2,1-2H3,(H2,19,20,21). The van der Waals surface area contributed by atoms with Gasteiger partial charge in [0.15, 0.2) is 5.96 Å². The lowest BCUT2D eigenvalue weighted by molar-refractivity contribution is 0.181. The van der Waals surface area contributed by atoms with Crippen LogP contribution < -0.4 is 10.6 Å². The number of nitrogens with one attached hydrogen (secondary N) is 2. The number of guanidine groups is 1. The summed E-state index contributed by atoms with van der Waals surface area (Å²) in [5, 5.41) is 6.75. The monoisotopic (exact) mass is 307 g/mol. The minimum Gasteiger partial charge on any atom is -0.380 e. The van der Waals surface area contributed by atoms with E-state index in [0.29, 0.717) is 18.2 Å². The van der Waals surface area contributed by atoms with E-state index in [1.165, 1.54) is 31.7 Å². The molecule has 0 atom stereocenters. The van der Waals surface area contributed by atoms with Crippen LogP contribution in [0.25, 0.3) is 0 Å². The van der Waals surface area contributed by atoms with E-state index in [1.54, 1.807) is 13.2 Å². The van der Waals surface area contributed by atoms with Crippen molar-refractivity contribution in [2.45, 2.75) is 51.8 Å². The van der Waals surface area contributed by atoms with Crippen LogP contribution in [0.2, 0.25) is 0 Å². The lowest BCUT2D eigenvalue weighted by atomic mass is 10.1. The van der Waals surface area contributed by atoms with Gasteiger partial charge in [0, 0.05) is 25.3 Å². The summed E-state index contributed by atoms with van der Waals surface area (Å²) in [6.07, 6.45) is 4.99. The number of ether oxygens (including phenoxy) is 1. The van der Waals surface area contributed by atoms with Crippen molar-refractivity contribution in [3.8, 4) is 0 Å². The normalized spacial score (nSPS) is 16.0. The lowest BCUT2D eigenvalue weighted by Gasteiger charge is -2.16. The van der Waals surface area contributed by atoms with E-state index in [2.05, 4.69) is 22.5 Å². The Kier molecular flexibility index (Phi) is 6.65. The van der Waals surface area contributed by atoms with Gasteiger partial charge in [-0.3, -0.25) is 0 Å². The van der Waals surface area contributed by atoms with Gasteiger partial charge in [-0.05, 0) is 37.5 Å². The maximum Gasteiger partial charge on any atom is 0.191 e. The van der Waals surface area contributed by atoms with Gasteiger partial charge in [0.1, 0.15) is 5.82 Å². The molecule has 0 bridgehead atoms. The van der Waals surface area contributed by atoms with Gasteiger partial charge in [0.05, 0.1) is 13.2 Å². The smallest absolute Gasteiger partial charge is 0.191 e. The first-order chi connectivity index (χ1) is 10.7. The van der Waals surface area contributed by atoms with Crippen molar-refractivity contribution in [1.29, 1.82) is 0 Å². The molecule has 1 aliphatic carbocycles. The van der Waals surface area contributed by atoms with Crippen LogP contribution in [-0.2, 0) is 17.9 Å². The molecule has 0 amide bonds. The van der Waals surface area contributed by atoms with Crippen LogP contribution in [0, 0.1) is 5.82 Å². The van der Waals surface area contributed by atoms with E-state index in [-0.39, 0.29) is 12.4 Å². The number of rotatable bonds is 6. The van der Waals surface area contributed by atoms with Gasteiger partial charge in [-0.25, -0.2) is 9.38 Å². The zero-order valence-electron chi connectivity index (χ0n) is 13.5. The van der Waals surface area contributed by atoms with Crippen LogP contribution in [0.5, 0.6) is 0 Å². The third-order valence-corrected chi connectivity index (χ3v) is 3.87. The first-order valence-electron chi connectivity index (χ1n) is 8.04. The molecular weight excluding hydrogens is 281 g/mol. The summed E-state index contributed by atoms with van der Waals surface area (Å²) in [7, 11) is 1.57. The van der Waals surface area contributed by atoms with Gasteiger partial charge >= 0.3 is 0 Å². The fourth-order valence-corrected chi connectivity index (χ4v) is 2.75. The van der Waals surface area contributed by atoms with Crippen LogP contribution in [0.4, 0.5) is 4.39 Å². The second-order valence-electron chi connectivity index (χ2n) is 5.68. The molecule has 5 heteroatoms. The molecule has 1 aromatic rings. The average Bonchev–Trinajstić information content (AvgIpc) is 3.01. The highest BCUT2D eigenvalue weighted by atomic mass is 19.1. The van der Waals surface area contributed by atoms with Crippen molar-refractivity contribution in [2.75, 3.05) is 13.7 Å². The van der Waals surface area contributed by atoms with E-state index >= 15 is 0 Å². The summed E-state index contributed by atoms with van der Waals surface area (Å²) in [4.78, 5) is 4.61. The largest absolute Gasteiger partial charge is 0.380 e. The highest BCUT2D eigenvalue weighted by Gasteiger charge is 2.15. The number of hydrogen-bond acceptors (Lipinski definition) is 2. The van der Waals surface area contributed by atoms with E-state index in [9.17, 15) is 4.39 Å². The van der Waals surface area contributed by atoms with E-state index in [0.717, 1.165) is 18.1 Å². The summed E-state index contributed by atoms with van der Waals surface area (Å²) in [5.74, 6) is 0.609. The summed E-state index contributed by atoms with van der Waals surface area (Å²) in [6, 6.07) is 5.60. The third-order valence-electron chi connectivity index (χ3n) is 3.87. The predicted molar refractivity (Wildman–Crippen MR) is 87.3 cm³/mol. The van der Waals surface area contributed by atoms with Gasteiger partial charge < -0.3 is 15.4 Å². The average molecular weight is 307 g/mol. The Morgan fingerprint density at radius 3 is 2.82 bits per heavy atom. The van der Waals surface area contributed by atoms with Gasteiger partial charge in [-0.1, -0.05) is 18.9 Å². The summed E-state index contributed by atoms with van der Waals surface area (Å²) < 4.78 is 18.6. The molecule has 1 aliphatic rings. The number of halogens is 1. The Bertz CT molecular complexity index is 499. The highest BCUT2D eigenvalue weighted by Crippen LogP contribution is 2.17. The second kappa shape index (κ2) is 8.73. The fraction of sp³-hybridized carbons (Fsp3) is 0.588. The molecule has 1 fully saturated rings. The fourth-order valence-electron chi connectivity index (χ4n) is 2.75. The minimum atomic E-state index is -0.231. The molecular formula is C17H26FN3O. The first-order valence-corrected chi connectivity index (χ1v) is 8.04. The molecule has 2 rings (SSSR count). The molecule has 4 nitrogen and oxygen atoms in total. The molecule has 0 saturated heterocycles. The Morgan fingerprint density at radius 1 is 1.36 bits per heavy atom. The molecule has 0 spiro atoms. The zero-order valence-corrected chi connectivity index (χ0v) is 13.5. The quantitative estimate of drug-likeness (QED) is 0.627. The SMILES string of the molecule is CCNC(=NCc1ccc(F)c(COC)c1)NC1CCCC1. The number of benzene rings is 1. The zero-order chi connectivity index (χ0) is 15.8. The molecule has 0 radical (unpaired) electrons. The number of hydrogen-bond donors (Lipinski definition) is 2. The number of methoxy groups -OCH3 is 1. The number of nitrogens with zero attached hydrogens (tertiary/aromatic N) is 1. The topological polar surface area (TPSA) is 45.7 Å². The molecule has 0 aromatic heterocycles. The molecule has 2 N–H and O–H groups in total. The summed E-state index contributed by atoms with van der Waals surface area (Å²) in [5.41, 5.74) is 1.56. The van der Waals surface area contributed by atoms with Gasteiger partial charge in [-0.15, -0.1) is 0 Å². The van der Waals surface area contributed by atoms with Gasteiger partial charge in [-0.2, -0.15) is 0 Å². The van der Waals surface area contributed by atoms with Crippen LogP contribution >= 0.6 is 0 Å². The third kappa shape index (κ3) is 4.98. The van der Waals surface area contributed by atoms with Crippen molar-refractivity contribution in [2.24, 2.45) is 4.99 Å². The molecule has 0 heterocycles. The van der Waals surface area contributed by atoms with Crippen LogP contribution in [0.15, 0.2) is 23.2 Å². The highest BCUT2D eigenvalue weighted by molar-refractivity contribution is 5.80. The van der Waals surface area contributed by atoms with E-state index in [1.807, 2.05) is 6.07 Å². The van der Waals surface area contributed by atoms with Gasteiger partial charge in [0.2, 0.25) is 0 Å². The Hall–Kier alpha value is -1.62. The molecule has 1 aromatic carbocycles. The Balaban J connectivity index is 2.00. The van der Waals surface area contributed by atoms with Crippen LogP contribution in [-0.4, -0.2) is 25.7 Å². The number of aliphatic imine (C=N–C) groups is 1. The Morgan fingerprint density at radius 2 is 2.14 bits per heavy atom. The Labute approximate surface area is 132 Å². The van der Waals surface area contributed by atoms with Crippen molar-refractivity contribution in [3.63, 3.8) is 0 Å².